The van der Waals surface area contributed by atoms with Crippen molar-refractivity contribution in [3.63, 3.8) is 0 Å². The second kappa shape index (κ2) is 12.9. The summed E-state index contributed by atoms with van der Waals surface area (Å²) >= 11 is 0. The zero-order valence-corrected chi connectivity index (χ0v) is 22.7. The fourth-order valence-electron chi connectivity index (χ4n) is 3.77. The molecule has 0 spiro atoms. The van der Waals surface area contributed by atoms with Gasteiger partial charge in [0.25, 0.3) is 19.7 Å². The Bertz CT molecular complexity index is 1480. The van der Waals surface area contributed by atoms with E-state index < -0.39 is 24.1 Å². The standard InChI is InChI=1S/C27H32N2O6S2/c1-3-5-10-16-34-23-15-14-21-20-26(25(19-22(21)18-23)35-17-11-6-4-2)37(32,33)27(29-28)36(30,31)24-12-8-7-9-13-24/h7-9,12-15,18-20H,3-6,10-11,16-17H2,1-2H3. The minimum atomic E-state index is -4.80. The number of hydrogen-bond acceptors (Lipinski definition) is 6. The Labute approximate surface area is 218 Å². The Morgan fingerprint density at radius 3 is 2.03 bits per heavy atom. The lowest BCUT2D eigenvalue weighted by molar-refractivity contribution is 0.00379. The van der Waals surface area contributed by atoms with Gasteiger partial charge in [0.2, 0.25) is 0 Å². The van der Waals surface area contributed by atoms with Gasteiger partial charge in [-0.05, 0) is 60.0 Å². The molecule has 0 aromatic heterocycles. The quantitative estimate of drug-likeness (QED) is 0.0932. The van der Waals surface area contributed by atoms with Crippen LogP contribution in [-0.2, 0) is 19.7 Å². The molecule has 3 aromatic rings. The van der Waals surface area contributed by atoms with Crippen LogP contribution < -0.4 is 9.47 Å². The molecule has 0 atom stereocenters. The third-order valence-corrected chi connectivity index (χ3v) is 9.97. The molecule has 10 heteroatoms. The molecule has 0 aliphatic heterocycles. The molecule has 0 aliphatic rings. The van der Waals surface area contributed by atoms with Crippen LogP contribution in [0.2, 0.25) is 0 Å². The van der Waals surface area contributed by atoms with Gasteiger partial charge in [0, 0.05) is 0 Å². The third-order valence-electron chi connectivity index (χ3n) is 5.78. The van der Waals surface area contributed by atoms with Gasteiger partial charge >= 0.3 is 4.38 Å². The number of hydrogen-bond donors (Lipinski definition) is 0. The van der Waals surface area contributed by atoms with Gasteiger partial charge in [-0.15, -0.1) is 4.79 Å². The van der Waals surface area contributed by atoms with Crippen LogP contribution in [-0.4, -0.2) is 39.2 Å². The molecule has 3 rings (SSSR count). The summed E-state index contributed by atoms with van der Waals surface area (Å²) in [6, 6.07) is 15.1. The van der Waals surface area contributed by atoms with Crippen molar-refractivity contribution in [2.45, 2.75) is 62.2 Å². The molecule has 3 aromatic carbocycles. The summed E-state index contributed by atoms with van der Waals surface area (Å²) in [7, 11) is -9.44. The zero-order valence-electron chi connectivity index (χ0n) is 21.1. The SMILES string of the molecule is CCCCCOc1ccc2cc(S(=O)(=O)C(=[N+]=[N-])S(=O)(=O)c3ccccc3)c(OCCCCC)cc2c1. The van der Waals surface area contributed by atoms with E-state index in [2.05, 4.69) is 11.7 Å². The monoisotopic (exact) mass is 544 g/mol. The molecule has 37 heavy (non-hydrogen) atoms. The molecule has 0 fully saturated rings. The van der Waals surface area contributed by atoms with Crippen LogP contribution in [0, 0.1) is 0 Å². The van der Waals surface area contributed by atoms with E-state index in [1.54, 1.807) is 30.3 Å². The predicted octanol–water partition coefficient (Wildman–Crippen LogP) is 5.81. The summed E-state index contributed by atoms with van der Waals surface area (Å²) in [4.78, 5) is 2.05. The lowest BCUT2D eigenvalue weighted by atomic mass is 10.1. The van der Waals surface area contributed by atoms with E-state index in [1.165, 1.54) is 30.3 Å². The van der Waals surface area contributed by atoms with E-state index in [0.717, 1.165) is 32.1 Å². The molecule has 8 nitrogen and oxygen atoms in total. The highest BCUT2D eigenvalue weighted by Gasteiger charge is 2.45. The summed E-state index contributed by atoms with van der Waals surface area (Å²) < 4.78 is 63.8. The number of ether oxygens (including phenoxy) is 2. The van der Waals surface area contributed by atoms with Crippen molar-refractivity contribution in [1.82, 2.24) is 0 Å². The summed E-state index contributed by atoms with van der Waals surface area (Å²) in [6.07, 6.45) is 5.59. The van der Waals surface area contributed by atoms with Crippen LogP contribution in [0.4, 0.5) is 0 Å². The van der Waals surface area contributed by atoms with Gasteiger partial charge in [0.05, 0.1) is 18.1 Å². The van der Waals surface area contributed by atoms with Crippen molar-refractivity contribution in [1.29, 1.82) is 0 Å². The van der Waals surface area contributed by atoms with Crippen LogP contribution >= 0.6 is 0 Å². The molecule has 0 heterocycles. The predicted molar refractivity (Wildman–Crippen MR) is 143 cm³/mol. The first kappa shape index (κ1) is 28.4. The summed E-state index contributed by atoms with van der Waals surface area (Å²) in [5.41, 5.74) is 9.60. The largest absolute Gasteiger partial charge is 0.504 e. The first-order valence-electron chi connectivity index (χ1n) is 12.4. The number of sulfone groups is 2. The number of unbranched alkanes of at least 4 members (excludes halogenated alkanes) is 4. The summed E-state index contributed by atoms with van der Waals surface area (Å²) in [5.74, 6) is 0.622. The Morgan fingerprint density at radius 2 is 1.41 bits per heavy atom. The average Bonchev–Trinajstić information content (AvgIpc) is 2.89. The maximum absolute atomic E-state index is 13.6. The number of benzene rings is 3. The van der Waals surface area contributed by atoms with E-state index in [-0.39, 0.29) is 22.1 Å². The average molecular weight is 545 g/mol. The lowest BCUT2D eigenvalue weighted by Crippen LogP contribution is -2.26. The van der Waals surface area contributed by atoms with Crippen molar-refractivity contribution in [3.05, 3.63) is 66.2 Å². The second-order valence-electron chi connectivity index (χ2n) is 8.60. The fourth-order valence-corrected chi connectivity index (χ4v) is 7.27. The fraction of sp³-hybridized carbons (Fsp3) is 0.370. The zero-order chi connectivity index (χ0) is 26.9. The molecule has 0 saturated carbocycles. The van der Waals surface area contributed by atoms with Crippen molar-refractivity contribution in [2.75, 3.05) is 13.2 Å². The smallest absolute Gasteiger partial charge is 0.494 e. The molecule has 0 aliphatic carbocycles. The topological polar surface area (TPSA) is 123 Å². The third kappa shape index (κ3) is 6.77. The van der Waals surface area contributed by atoms with Crippen LogP contribution in [0.1, 0.15) is 52.4 Å². The van der Waals surface area contributed by atoms with Crippen LogP contribution in [0.15, 0.2) is 70.5 Å². The minimum Gasteiger partial charge on any atom is -0.494 e. The van der Waals surface area contributed by atoms with Crippen molar-refractivity contribution >= 4 is 34.8 Å². The Balaban J connectivity index is 2.08. The molecule has 0 saturated heterocycles. The highest BCUT2D eigenvalue weighted by atomic mass is 32.3. The normalized spacial score (nSPS) is 11.7. The molecule has 0 radical (unpaired) electrons. The molecular weight excluding hydrogens is 512 g/mol. The van der Waals surface area contributed by atoms with E-state index in [1.807, 2.05) is 6.92 Å². The highest BCUT2D eigenvalue weighted by Crippen LogP contribution is 2.34. The Kier molecular flexibility index (Phi) is 9.86. The van der Waals surface area contributed by atoms with Crippen molar-refractivity contribution < 1.29 is 31.1 Å². The second-order valence-corrected chi connectivity index (χ2v) is 12.6. The molecule has 0 N–H and O–H groups in total. The van der Waals surface area contributed by atoms with Crippen LogP contribution in [0.25, 0.3) is 16.3 Å². The van der Waals surface area contributed by atoms with Gasteiger partial charge in [-0.25, -0.2) is 16.8 Å². The van der Waals surface area contributed by atoms with E-state index >= 15 is 0 Å². The highest BCUT2D eigenvalue weighted by molar-refractivity contribution is 8.31. The molecule has 0 unspecified atom stereocenters. The maximum atomic E-state index is 13.6. The minimum absolute atomic E-state index is 0.0175. The lowest BCUT2D eigenvalue weighted by Gasteiger charge is -2.13. The van der Waals surface area contributed by atoms with Crippen LogP contribution in [0.3, 0.4) is 0 Å². The molecule has 0 amide bonds. The molecule has 198 valence electrons. The van der Waals surface area contributed by atoms with Crippen LogP contribution in [0.5, 0.6) is 11.5 Å². The van der Waals surface area contributed by atoms with E-state index in [4.69, 9.17) is 9.47 Å². The van der Waals surface area contributed by atoms with Crippen molar-refractivity contribution in [2.24, 2.45) is 0 Å². The Hall–Kier alpha value is -3.20. The Morgan fingerprint density at radius 1 is 0.757 bits per heavy atom. The van der Waals surface area contributed by atoms with Crippen molar-refractivity contribution in [3.8, 4) is 11.5 Å². The molecular formula is C27H32N2O6S2. The van der Waals surface area contributed by atoms with E-state index in [9.17, 15) is 22.4 Å². The molecule has 0 bridgehead atoms. The summed E-state index contributed by atoms with van der Waals surface area (Å²) in [6.45, 7) is 4.96. The first-order valence-corrected chi connectivity index (χ1v) is 15.3. The first-order chi connectivity index (χ1) is 17.7. The number of fused-ring (bicyclic) bond motifs is 1. The van der Waals surface area contributed by atoms with Gasteiger partial charge in [0.15, 0.2) is 0 Å². The van der Waals surface area contributed by atoms with Gasteiger partial charge in [0.1, 0.15) is 16.4 Å². The van der Waals surface area contributed by atoms with Gasteiger partial charge in [-0.1, -0.05) is 63.8 Å². The summed E-state index contributed by atoms with van der Waals surface area (Å²) in [5, 5.41) is 1.21. The van der Waals surface area contributed by atoms with Gasteiger partial charge < -0.3 is 15.0 Å². The number of rotatable bonds is 12. The number of nitrogens with zero attached hydrogens (tertiary/aromatic N) is 2. The van der Waals surface area contributed by atoms with Gasteiger partial charge in [-0.2, -0.15) is 0 Å². The van der Waals surface area contributed by atoms with Gasteiger partial charge in [-0.3, -0.25) is 0 Å². The van der Waals surface area contributed by atoms with E-state index in [0.29, 0.717) is 29.5 Å². The maximum Gasteiger partial charge on any atom is 0.504 e.